The van der Waals surface area contributed by atoms with Crippen LogP contribution in [0.2, 0.25) is 0 Å². The maximum absolute atomic E-state index is 13.3. The Balaban J connectivity index is 1.88. The standard InChI is InChI=1S/C28H38N6O/c1-20(2)18-25(27-30-14-7-17-34(27)5)28(35)31-22(4)19-26(23-12-15-29-16-13-23)33-32-24-9-6-8-21(3)10-11-24/h6-7,9-11,14,17-19,21,23,29H,8,12-13,15-16H2,1-5H3,(H,31,35)/b22-19+,27-25+,32-24?,33-26-. The van der Waals surface area contributed by atoms with Crippen LogP contribution in [0.1, 0.15) is 47.0 Å². The van der Waals surface area contributed by atoms with Crippen LogP contribution in [-0.2, 0) is 4.79 Å². The van der Waals surface area contributed by atoms with Crippen LogP contribution in [0.5, 0.6) is 0 Å². The van der Waals surface area contributed by atoms with Gasteiger partial charge >= 0.3 is 0 Å². The van der Waals surface area contributed by atoms with E-state index in [4.69, 9.17) is 0 Å². The van der Waals surface area contributed by atoms with Gasteiger partial charge in [-0.15, -0.1) is 0 Å². The van der Waals surface area contributed by atoms with Crippen molar-refractivity contribution in [3.8, 4) is 0 Å². The summed E-state index contributed by atoms with van der Waals surface area (Å²) in [4.78, 5) is 19.6. The van der Waals surface area contributed by atoms with Gasteiger partial charge in [-0.2, -0.15) is 10.2 Å². The number of hydrogen-bond acceptors (Lipinski definition) is 6. The molecule has 0 aromatic heterocycles. The highest BCUT2D eigenvalue weighted by molar-refractivity contribution is 6.05. The number of allylic oxidation sites excluding steroid dienone is 8. The predicted molar refractivity (Wildman–Crippen MR) is 146 cm³/mol. The lowest BCUT2D eigenvalue weighted by Crippen LogP contribution is -2.32. The molecule has 0 spiro atoms. The Labute approximate surface area is 209 Å². The quantitative estimate of drug-likeness (QED) is 0.334. The highest BCUT2D eigenvalue weighted by Gasteiger charge is 2.20. The highest BCUT2D eigenvalue weighted by Crippen LogP contribution is 2.19. The smallest absolute Gasteiger partial charge is 0.259 e. The van der Waals surface area contributed by atoms with Gasteiger partial charge in [0.1, 0.15) is 5.82 Å². The lowest BCUT2D eigenvalue weighted by molar-refractivity contribution is -0.116. The zero-order valence-electron chi connectivity index (χ0n) is 21.6. The summed E-state index contributed by atoms with van der Waals surface area (Å²) < 4.78 is 0. The first kappa shape index (κ1) is 26.3. The molecule has 1 fully saturated rings. The van der Waals surface area contributed by atoms with E-state index in [1.54, 1.807) is 6.21 Å². The van der Waals surface area contributed by atoms with Gasteiger partial charge in [-0.05, 0) is 89.4 Å². The monoisotopic (exact) mass is 474 g/mol. The zero-order valence-corrected chi connectivity index (χ0v) is 21.6. The molecule has 1 unspecified atom stereocenters. The van der Waals surface area contributed by atoms with Gasteiger partial charge < -0.3 is 15.5 Å². The largest absolute Gasteiger partial charge is 0.335 e. The molecule has 2 N–H and O–H groups in total. The summed E-state index contributed by atoms with van der Waals surface area (Å²) >= 11 is 0. The Morgan fingerprint density at radius 2 is 1.97 bits per heavy atom. The van der Waals surface area contributed by atoms with E-state index in [-0.39, 0.29) is 5.91 Å². The molecule has 1 saturated heterocycles. The van der Waals surface area contributed by atoms with Crippen LogP contribution in [0.4, 0.5) is 0 Å². The molecule has 35 heavy (non-hydrogen) atoms. The maximum Gasteiger partial charge on any atom is 0.259 e. The van der Waals surface area contributed by atoms with E-state index < -0.39 is 0 Å². The first-order valence-corrected chi connectivity index (χ1v) is 12.4. The molecule has 3 aliphatic rings. The van der Waals surface area contributed by atoms with Gasteiger partial charge in [0.05, 0.1) is 17.0 Å². The first-order valence-electron chi connectivity index (χ1n) is 12.4. The summed E-state index contributed by atoms with van der Waals surface area (Å²) in [7, 11) is 1.88. The second-order valence-corrected chi connectivity index (χ2v) is 9.52. The molecule has 2 aliphatic heterocycles. The van der Waals surface area contributed by atoms with Crippen molar-refractivity contribution in [2.24, 2.45) is 27.0 Å². The normalized spacial score (nSPS) is 24.0. The van der Waals surface area contributed by atoms with Crippen LogP contribution in [0, 0.1) is 11.8 Å². The van der Waals surface area contributed by atoms with Crippen molar-refractivity contribution in [3.63, 3.8) is 0 Å². The van der Waals surface area contributed by atoms with Crippen LogP contribution in [-0.4, -0.2) is 48.6 Å². The second kappa shape index (κ2) is 13.0. The van der Waals surface area contributed by atoms with Crippen molar-refractivity contribution >= 4 is 23.5 Å². The van der Waals surface area contributed by atoms with E-state index in [1.165, 1.54) is 0 Å². The molecule has 7 heteroatoms. The summed E-state index contributed by atoms with van der Waals surface area (Å²) in [6.07, 6.45) is 20.6. The first-order chi connectivity index (χ1) is 16.8. The van der Waals surface area contributed by atoms with E-state index in [0.717, 1.165) is 55.0 Å². The van der Waals surface area contributed by atoms with Gasteiger partial charge in [0.25, 0.3) is 5.91 Å². The second-order valence-electron chi connectivity index (χ2n) is 9.52. The molecule has 0 aromatic rings. The Morgan fingerprint density at radius 1 is 1.20 bits per heavy atom. The van der Waals surface area contributed by atoms with Gasteiger partial charge in [-0.1, -0.05) is 24.6 Å². The minimum absolute atomic E-state index is 0.200. The Bertz CT molecular complexity index is 1060. The fourth-order valence-electron chi connectivity index (χ4n) is 4.06. The van der Waals surface area contributed by atoms with Crippen molar-refractivity contribution in [3.05, 3.63) is 71.4 Å². The van der Waals surface area contributed by atoms with Gasteiger partial charge in [0.15, 0.2) is 0 Å². The highest BCUT2D eigenvalue weighted by atomic mass is 16.1. The number of hydrogen-bond donors (Lipinski definition) is 2. The van der Waals surface area contributed by atoms with Crippen molar-refractivity contribution in [1.82, 2.24) is 15.5 Å². The summed E-state index contributed by atoms with van der Waals surface area (Å²) in [5.74, 6) is 1.20. The fraction of sp³-hybridized carbons (Fsp3) is 0.429. The lowest BCUT2D eigenvalue weighted by Gasteiger charge is -2.23. The number of aliphatic imine (C=N–C) groups is 1. The Hall–Kier alpha value is -3.32. The number of amides is 1. The average molecular weight is 475 g/mol. The third-order valence-corrected chi connectivity index (χ3v) is 5.95. The molecule has 3 rings (SSSR count). The van der Waals surface area contributed by atoms with Crippen molar-refractivity contribution in [2.45, 2.75) is 47.0 Å². The number of carbonyl (C=O) groups excluding carboxylic acids is 1. The van der Waals surface area contributed by atoms with Crippen molar-refractivity contribution in [2.75, 3.05) is 20.1 Å². The predicted octanol–water partition coefficient (Wildman–Crippen LogP) is 4.66. The molecule has 0 aromatic carbocycles. The minimum Gasteiger partial charge on any atom is -0.335 e. The average Bonchev–Trinajstić information content (AvgIpc) is 3.05. The van der Waals surface area contributed by atoms with E-state index in [1.807, 2.05) is 69.3 Å². The molecular formula is C28H38N6O. The lowest BCUT2D eigenvalue weighted by atomic mass is 9.92. The van der Waals surface area contributed by atoms with Gasteiger partial charge in [0.2, 0.25) is 0 Å². The van der Waals surface area contributed by atoms with Gasteiger partial charge in [0, 0.05) is 31.1 Å². The van der Waals surface area contributed by atoms with Crippen LogP contribution in [0.15, 0.2) is 86.6 Å². The van der Waals surface area contributed by atoms with E-state index in [9.17, 15) is 4.79 Å². The van der Waals surface area contributed by atoms with E-state index in [0.29, 0.717) is 23.2 Å². The molecule has 7 nitrogen and oxygen atoms in total. The van der Waals surface area contributed by atoms with Crippen LogP contribution >= 0.6 is 0 Å². The zero-order chi connectivity index (χ0) is 25.2. The molecule has 1 aliphatic carbocycles. The minimum atomic E-state index is -0.200. The molecule has 186 valence electrons. The van der Waals surface area contributed by atoms with Crippen LogP contribution in [0.3, 0.4) is 0 Å². The summed E-state index contributed by atoms with van der Waals surface area (Å²) in [5.41, 5.74) is 4.00. The SMILES string of the molecule is CC(C)=C/C(C(=O)N/C(C)=C/C(=N/N=C1C=CCC(C)C=C1)C1CCNCC1)=C1/N=CC=CN1C. The van der Waals surface area contributed by atoms with Gasteiger partial charge in [-0.3, -0.25) is 4.79 Å². The fourth-order valence-corrected chi connectivity index (χ4v) is 4.06. The molecular weight excluding hydrogens is 436 g/mol. The van der Waals surface area contributed by atoms with E-state index >= 15 is 0 Å². The maximum atomic E-state index is 13.3. The third kappa shape index (κ3) is 8.14. The molecule has 0 bridgehead atoms. The number of nitrogens with one attached hydrogen (secondary N) is 2. The summed E-state index contributed by atoms with van der Waals surface area (Å²) in [6, 6.07) is 0. The molecule has 0 radical (unpaired) electrons. The van der Waals surface area contributed by atoms with Crippen molar-refractivity contribution < 1.29 is 4.79 Å². The summed E-state index contributed by atoms with van der Waals surface area (Å²) in [5, 5.41) is 15.7. The Kier molecular flexibility index (Phi) is 9.73. The number of piperidine rings is 1. The van der Waals surface area contributed by atoms with E-state index in [2.05, 4.69) is 44.9 Å². The number of carbonyl (C=O) groups is 1. The van der Waals surface area contributed by atoms with Crippen LogP contribution < -0.4 is 10.6 Å². The summed E-state index contributed by atoms with van der Waals surface area (Å²) in [6.45, 7) is 9.92. The number of rotatable bonds is 6. The van der Waals surface area contributed by atoms with Crippen molar-refractivity contribution in [1.29, 1.82) is 0 Å². The molecule has 2 heterocycles. The van der Waals surface area contributed by atoms with Crippen LogP contribution in [0.25, 0.3) is 0 Å². The third-order valence-electron chi connectivity index (χ3n) is 5.95. The number of nitrogens with zero attached hydrogens (tertiary/aromatic N) is 4. The topological polar surface area (TPSA) is 81.4 Å². The molecule has 1 amide bonds. The molecule has 1 atom stereocenters. The Morgan fingerprint density at radius 3 is 2.69 bits per heavy atom. The molecule has 0 saturated carbocycles. The van der Waals surface area contributed by atoms with Gasteiger partial charge in [-0.25, -0.2) is 4.99 Å².